The van der Waals surface area contributed by atoms with E-state index in [2.05, 4.69) is 16.1 Å². The van der Waals surface area contributed by atoms with Crippen LogP contribution in [0.25, 0.3) is 0 Å². The number of aryl methyl sites for hydroxylation is 2. The minimum atomic E-state index is 0.638. The summed E-state index contributed by atoms with van der Waals surface area (Å²) in [6.07, 6.45) is 0. The Labute approximate surface area is 94.9 Å². The molecular formula is C12H15N3O. The van der Waals surface area contributed by atoms with Gasteiger partial charge >= 0.3 is 0 Å². The lowest BCUT2D eigenvalue weighted by atomic mass is 10.3. The molecule has 4 nitrogen and oxygen atoms in total. The fourth-order valence-corrected chi connectivity index (χ4v) is 1.65. The fourth-order valence-electron chi connectivity index (χ4n) is 1.65. The number of nitrogens with zero attached hydrogens (tertiary/aromatic N) is 3. The van der Waals surface area contributed by atoms with Crippen LogP contribution in [0.1, 0.15) is 17.1 Å². The molecule has 0 radical (unpaired) electrons. The van der Waals surface area contributed by atoms with E-state index in [1.54, 1.807) is 7.11 Å². The number of aromatic nitrogens is 3. The molecule has 4 heteroatoms. The van der Waals surface area contributed by atoms with Crippen molar-refractivity contribution in [1.82, 2.24) is 14.8 Å². The lowest BCUT2D eigenvalue weighted by Gasteiger charge is -2.05. The van der Waals surface area contributed by atoms with Gasteiger partial charge in [-0.2, -0.15) is 5.10 Å². The summed E-state index contributed by atoms with van der Waals surface area (Å²) >= 11 is 0. The van der Waals surface area contributed by atoms with E-state index in [4.69, 9.17) is 4.74 Å². The van der Waals surface area contributed by atoms with Gasteiger partial charge in [-0.1, -0.05) is 6.07 Å². The van der Waals surface area contributed by atoms with E-state index in [1.165, 1.54) is 0 Å². The number of hydrogen-bond acceptors (Lipinski definition) is 3. The average Bonchev–Trinajstić information content (AvgIpc) is 2.58. The second-order valence-electron chi connectivity index (χ2n) is 3.76. The van der Waals surface area contributed by atoms with Crippen LogP contribution in [-0.2, 0) is 6.54 Å². The zero-order chi connectivity index (χ0) is 11.5. The Balaban J connectivity index is 2.23. The molecular weight excluding hydrogens is 202 g/mol. The largest absolute Gasteiger partial charge is 0.481 e. The third kappa shape index (κ3) is 2.21. The first-order valence-electron chi connectivity index (χ1n) is 5.20. The molecule has 0 aliphatic heterocycles. The number of hydrogen-bond donors (Lipinski definition) is 0. The van der Waals surface area contributed by atoms with Gasteiger partial charge in [-0.25, -0.2) is 4.98 Å². The Morgan fingerprint density at radius 2 is 2.12 bits per heavy atom. The highest BCUT2D eigenvalue weighted by Gasteiger charge is 2.03. The highest BCUT2D eigenvalue weighted by Crippen LogP contribution is 2.09. The average molecular weight is 217 g/mol. The Morgan fingerprint density at radius 1 is 1.31 bits per heavy atom. The number of rotatable bonds is 3. The van der Waals surface area contributed by atoms with E-state index >= 15 is 0 Å². The third-order valence-electron chi connectivity index (χ3n) is 2.41. The van der Waals surface area contributed by atoms with E-state index in [0.717, 1.165) is 17.1 Å². The summed E-state index contributed by atoms with van der Waals surface area (Å²) < 4.78 is 7.03. The standard InChI is InChI=1S/C12H15N3O/c1-9-7-10(2)15(14-9)8-11-5-4-6-12(13-11)16-3/h4-7H,8H2,1-3H3. The first-order valence-corrected chi connectivity index (χ1v) is 5.20. The van der Waals surface area contributed by atoms with Crippen molar-refractivity contribution in [3.8, 4) is 5.88 Å². The zero-order valence-electron chi connectivity index (χ0n) is 9.77. The SMILES string of the molecule is COc1cccc(Cn2nc(C)cc2C)n1. The van der Waals surface area contributed by atoms with Gasteiger partial charge in [-0.05, 0) is 26.0 Å². The highest BCUT2D eigenvalue weighted by atomic mass is 16.5. The molecule has 0 aliphatic rings. The van der Waals surface area contributed by atoms with Crippen molar-refractivity contribution in [2.75, 3.05) is 7.11 Å². The first kappa shape index (κ1) is 10.7. The van der Waals surface area contributed by atoms with E-state index in [1.807, 2.05) is 36.7 Å². The molecule has 0 saturated heterocycles. The van der Waals surface area contributed by atoms with Crippen LogP contribution in [-0.4, -0.2) is 21.9 Å². The van der Waals surface area contributed by atoms with E-state index in [-0.39, 0.29) is 0 Å². The van der Waals surface area contributed by atoms with Gasteiger partial charge in [-0.3, -0.25) is 4.68 Å². The minimum Gasteiger partial charge on any atom is -0.481 e. The molecule has 0 aliphatic carbocycles. The summed E-state index contributed by atoms with van der Waals surface area (Å²) in [5, 5.41) is 4.40. The van der Waals surface area contributed by atoms with Crippen LogP contribution in [0.4, 0.5) is 0 Å². The molecule has 0 bridgehead atoms. The van der Waals surface area contributed by atoms with E-state index in [0.29, 0.717) is 12.4 Å². The molecule has 2 heterocycles. The molecule has 16 heavy (non-hydrogen) atoms. The Morgan fingerprint density at radius 3 is 2.75 bits per heavy atom. The van der Waals surface area contributed by atoms with E-state index in [9.17, 15) is 0 Å². The van der Waals surface area contributed by atoms with Crippen molar-refractivity contribution in [1.29, 1.82) is 0 Å². The summed E-state index contributed by atoms with van der Waals surface area (Å²) in [7, 11) is 1.62. The third-order valence-corrected chi connectivity index (χ3v) is 2.41. The molecule has 0 saturated carbocycles. The molecule has 0 aromatic carbocycles. The van der Waals surface area contributed by atoms with Gasteiger partial charge in [0.25, 0.3) is 0 Å². The van der Waals surface area contributed by atoms with Crippen molar-refractivity contribution < 1.29 is 4.74 Å². The molecule has 2 aromatic heterocycles. The predicted octanol–water partition coefficient (Wildman–Crippen LogP) is 1.95. The zero-order valence-corrected chi connectivity index (χ0v) is 9.77. The van der Waals surface area contributed by atoms with Crippen LogP contribution in [0, 0.1) is 13.8 Å². The highest BCUT2D eigenvalue weighted by molar-refractivity contribution is 5.17. The quantitative estimate of drug-likeness (QED) is 0.789. The maximum absolute atomic E-state index is 5.09. The Bertz CT molecular complexity index is 491. The molecule has 2 rings (SSSR count). The maximum Gasteiger partial charge on any atom is 0.213 e. The van der Waals surface area contributed by atoms with Crippen molar-refractivity contribution in [3.63, 3.8) is 0 Å². The van der Waals surface area contributed by atoms with E-state index < -0.39 is 0 Å². The number of pyridine rings is 1. The predicted molar refractivity (Wildman–Crippen MR) is 61.6 cm³/mol. The van der Waals surface area contributed by atoms with Gasteiger partial charge in [0.1, 0.15) is 0 Å². The van der Waals surface area contributed by atoms with Gasteiger partial charge in [0.05, 0.1) is 25.0 Å². The monoisotopic (exact) mass is 217 g/mol. The van der Waals surface area contributed by atoms with Crippen molar-refractivity contribution in [2.45, 2.75) is 20.4 Å². The Hall–Kier alpha value is -1.84. The van der Waals surface area contributed by atoms with Gasteiger partial charge in [0.15, 0.2) is 0 Å². The summed E-state index contributed by atoms with van der Waals surface area (Å²) in [4.78, 5) is 4.35. The van der Waals surface area contributed by atoms with Gasteiger partial charge in [-0.15, -0.1) is 0 Å². The van der Waals surface area contributed by atoms with Crippen molar-refractivity contribution >= 4 is 0 Å². The minimum absolute atomic E-state index is 0.638. The first-order chi connectivity index (χ1) is 7.69. The van der Waals surface area contributed by atoms with Gasteiger partial charge in [0.2, 0.25) is 5.88 Å². The van der Waals surface area contributed by atoms with Crippen LogP contribution in [0.5, 0.6) is 5.88 Å². The van der Waals surface area contributed by atoms with Crippen LogP contribution in [0.2, 0.25) is 0 Å². The molecule has 2 aromatic rings. The molecule has 0 spiro atoms. The normalized spacial score (nSPS) is 10.4. The smallest absolute Gasteiger partial charge is 0.213 e. The molecule has 84 valence electrons. The summed E-state index contributed by atoms with van der Waals surface area (Å²) in [6, 6.07) is 7.80. The van der Waals surface area contributed by atoms with Crippen molar-refractivity contribution in [2.24, 2.45) is 0 Å². The van der Waals surface area contributed by atoms with Crippen LogP contribution >= 0.6 is 0 Å². The van der Waals surface area contributed by atoms with Crippen LogP contribution in [0.3, 0.4) is 0 Å². The molecule has 0 N–H and O–H groups in total. The fraction of sp³-hybridized carbons (Fsp3) is 0.333. The Kier molecular flexibility index (Phi) is 2.90. The van der Waals surface area contributed by atoms with Crippen molar-refractivity contribution in [3.05, 3.63) is 41.3 Å². The van der Waals surface area contributed by atoms with Crippen LogP contribution in [0.15, 0.2) is 24.3 Å². The summed E-state index contributed by atoms with van der Waals surface area (Å²) in [5.74, 6) is 0.638. The van der Waals surface area contributed by atoms with Gasteiger partial charge in [0, 0.05) is 11.8 Å². The molecule has 0 amide bonds. The van der Waals surface area contributed by atoms with Gasteiger partial charge < -0.3 is 4.74 Å². The number of ether oxygens (including phenoxy) is 1. The second-order valence-corrected chi connectivity index (χ2v) is 3.76. The second kappa shape index (κ2) is 4.35. The lowest BCUT2D eigenvalue weighted by molar-refractivity contribution is 0.395. The summed E-state index contributed by atoms with van der Waals surface area (Å²) in [5.41, 5.74) is 3.12. The number of methoxy groups -OCH3 is 1. The molecule has 0 atom stereocenters. The summed E-state index contributed by atoms with van der Waals surface area (Å²) in [6.45, 7) is 4.71. The topological polar surface area (TPSA) is 39.9 Å². The molecule has 0 unspecified atom stereocenters. The molecule has 0 fully saturated rings. The lowest BCUT2D eigenvalue weighted by Crippen LogP contribution is -2.05. The maximum atomic E-state index is 5.09. The van der Waals surface area contributed by atoms with Crippen LogP contribution < -0.4 is 4.74 Å².